The van der Waals surface area contributed by atoms with Gasteiger partial charge in [0.2, 0.25) is 0 Å². The van der Waals surface area contributed by atoms with Gasteiger partial charge in [0.05, 0.1) is 5.01 Å². The Kier molecular flexibility index (Phi) is 5.36. The van der Waals surface area contributed by atoms with Gasteiger partial charge < -0.3 is 9.80 Å². The molecule has 2 atom stereocenters. The van der Waals surface area contributed by atoms with Crippen LogP contribution in [0.1, 0.15) is 40.3 Å². The molecule has 1 aromatic carbocycles. The fourth-order valence-electron chi connectivity index (χ4n) is 4.37. The highest BCUT2D eigenvalue weighted by atomic mass is 32.1. The minimum Gasteiger partial charge on any atom is -0.333 e. The van der Waals surface area contributed by atoms with Crippen molar-refractivity contribution in [2.24, 2.45) is 5.92 Å². The van der Waals surface area contributed by atoms with Crippen molar-refractivity contribution in [1.29, 1.82) is 0 Å². The van der Waals surface area contributed by atoms with E-state index in [2.05, 4.69) is 45.1 Å². The van der Waals surface area contributed by atoms with Crippen molar-refractivity contribution < 1.29 is 4.79 Å². The Bertz CT molecular complexity index is 745. The minimum absolute atomic E-state index is 0.134. The van der Waals surface area contributed by atoms with Crippen molar-refractivity contribution in [3.8, 4) is 0 Å². The molecule has 1 amide bonds. The molecule has 0 spiro atoms. The number of carbonyl (C=O) groups is 1. The van der Waals surface area contributed by atoms with Crippen molar-refractivity contribution in [3.63, 3.8) is 0 Å². The molecule has 0 N–H and O–H groups in total. The number of thiazole rings is 1. The Labute approximate surface area is 159 Å². The van der Waals surface area contributed by atoms with Gasteiger partial charge in [0.25, 0.3) is 5.91 Å². The van der Waals surface area contributed by atoms with E-state index in [9.17, 15) is 4.79 Å². The number of piperidine rings is 1. The fraction of sp³-hybridized carbons (Fsp3) is 0.524. The normalized spacial score (nSPS) is 23.2. The summed E-state index contributed by atoms with van der Waals surface area (Å²) in [6, 6.07) is 11.1. The number of hydrogen-bond donors (Lipinski definition) is 0. The van der Waals surface area contributed by atoms with Gasteiger partial charge in [-0.1, -0.05) is 30.3 Å². The maximum Gasteiger partial charge on any atom is 0.273 e. The fourth-order valence-corrected chi connectivity index (χ4v) is 4.96. The summed E-state index contributed by atoms with van der Waals surface area (Å²) in [6.07, 6.45) is 4.70. The summed E-state index contributed by atoms with van der Waals surface area (Å²) in [6.45, 7) is 6.13. The first-order chi connectivity index (χ1) is 12.7. The van der Waals surface area contributed by atoms with Gasteiger partial charge >= 0.3 is 0 Å². The monoisotopic (exact) mass is 369 g/mol. The van der Waals surface area contributed by atoms with Crippen LogP contribution in [0.3, 0.4) is 0 Å². The molecule has 138 valence electrons. The predicted molar refractivity (Wildman–Crippen MR) is 106 cm³/mol. The van der Waals surface area contributed by atoms with Crippen molar-refractivity contribution in [1.82, 2.24) is 14.8 Å². The van der Waals surface area contributed by atoms with Gasteiger partial charge in [-0.05, 0) is 50.6 Å². The van der Waals surface area contributed by atoms with Gasteiger partial charge in [-0.15, -0.1) is 11.3 Å². The molecule has 3 fully saturated rings. The lowest BCUT2D eigenvalue weighted by Crippen LogP contribution is -2.47. The molecule has 2 bridgehead atoms. The van der Waals surface area contributed by atoms with Gasteiger partial charge in [0.1, 0.15) is 5.69 Å². The summed E-state index contributed by atoms with van der Waals surface area (Å²) in [7, 11) is 0. The smallest absolute Gasteiger partial charge is 0.273 e. The first kappa shape index (κ1) is 17.7. The first-order valence-corrected chi connectivity index (χ1v) is 10.6. The third-order valence-electron chi connectivity index (χ3n) is 5.67. The Balaban J connectivity index is 1.36. The number of benzene rings is 1. The lowest BCUT2D eigenvalue weighted by Gasteiger charge is -2.35. The molecule has 5 heteroatoms. The summed E-state index contributed by atoms with van der Waals surface area (Å²) < 4.78 is 0. The third kappa shape index (κ3) is 3.99. The molecule has 0 radical (unpaired) electrons. The van der Waals surface area contributed by atoms with Crippen LogP contribution < -0.4 is 0 Å². The van der Waals surface area contributed by atoms with Crippen LogP contribution in [0.5, 0.6) is 0 Å². The molecule has 3 saturated heterocycles. The van der Waals surface area contributed by atoms with Gasteiger partial charge in [0, 0.05) is 31.1 Å². The van der Waals surface area contributed by atoms with E-state index >= 15 is 0 Å². The van der Waals surface area contributed by atoms with Crippen LogP contribution in [-0.2, 0) is 6.42 Å². The molecule has 0 unspecified atom stereocenters. The molecule has 2 aromatic rings. The van der Waals surface area contributed by atoms with Crippen LogP contribution in [0.15, 0.2) is 35.7 Å². The van der Waals surface area contributed by atoms with Crippen LogP contribution in [-0.4, -0.2) is 52.9 Å². The summed E-state index contributed by atoms with van der Waals surface area (Å²) in [5, 5.41) is 2.88. The second-order valence-corrected chi connectivity index (χ2v) is 8.72. The number of aromatic nitrogens is 1. The summed E-state index contributed by atoms with van der Waals surface area (Å²) in [5.74, 6) is 0.740. The summed E-state index contributed by atoms with van der Waals surface area (Å²) in [4.78, 5) is 22.0. The second-order valence-electron chi connectivity index (χ2n) is 7.66. The lowest BCUT2D eigenvalue weighted by atomic mass is 9.95. The molecule has 0 aliphatic carbocycles. The number of hydrogen-bond acceptors (Lipinski definition) is 4. The minimum atomic E-state index is 0.134. The summed E-state index contributed by atoms with van der Waals surface area (Å²) >= 11 is 1.56. The number of amides is 1. The Morgan fingerprint density at radius 1 is 1.19 bits per heavy atom. The number of carbonyl (C=O) groups excluding carboxylic acids is 1. The quantitative estimate of drug-likeness (QED) is 0.808. The maximum absolute atomic E-state index is 12.9. The summed E-state index contributed by atoms with van der Waals surface area (Å²) in [5.41, 5.74) is 2.05. The van der Waals surface area contributed by atoms with Crippen molar-refractivity contribution in [3.05, 3.63) is 52.0 Å². The van der Waals surface area contributed by atoms with E-state index in [0.717, 1.165) is 44.0 Å². The van der Waals surface area contributed by atoms with E-state index in [4.69, 9.17) is 0 Å². The number of rotatable bonds is 5. The van der Waals surface area contributed by atoms with Crippen LogP contribution >= 0.6 is 11.3 Å². The molecular weight excluding hydrogens is 342 g/mol. The number of nitrogens with zero attached hydrogens (tertiary/aromatic N) is 3. The number of aryl methyl sites for hydroxylation is 2. The molecule has 0 saturated carbocycles. The Morgan fingerprint density at radius 3 is 2.81 bits per heavy atom. The van der Waals surface area contributed by atoms with Gasteiger partial charge in [-0.2, -0.15) is 0 Å². The highest BCUT2D eigenvalue weighted by molar-refractivity contribution is 7.09. The highest BCUT2D eigenvalue weighted by Gasteiger charge is 2.37. The van der Waals surface area contributed by atoms with Gasteiger partial charge in [0.15, 0.2) is 0 Å². The average molecular weight is 370 g/mol. The zero-order valence-electron chi connectivity index (χ0n) is 15.4. The Hall–Kier alpha value is -1.72. The predicted octanol–water partition coefficient (Wildman–Crippen LogP) is 3.62. The zero-order valence-corrected chi connectivity index (χ0v) is 16.3. The average Bonchev–Trinajstić information content (AvgIpc) is 2.90. The third-order valence-corrected chi connectivity index (χ3v) is 6.44. The van der Waals surface area contributed by atoms with Crippen LogP contribution in [0, 0.1) is 12.8 Å². The largest absolute Gasteiger partial charge is 0.333 e. The molecule has 3 aliphatic heterocycles. The first-order valence-electron chi connectivity index (χ1n) is 9.68. The molecule has 4 nitrogen and oxygen atoms in total. The molecular formula is C21H27N3OS. The lowest BCUT2D eigenvalue weighted by molar-refractivity contribution is 0.0580. The van der Waals surface area contributed by atoms with E-state index in [1.54, 1.807) is 11.3 Å². The van der Waals surface area contributed by atoms with Crippen molar-refractivity contribution >= 4 is 17.2 Å². The molecule has 1 aromatic heterocycles. The van der Waals surface area contributed by atoms with Crippen LogP contribution in [0.25, 0.3) is 0 Å². The Morgan fingerprint density at radius 2 is 2.04 bits per heavy atom. The van der Waals surface area contributed by atoms with Crippen molar-refractivity contribution in [2.45, 2.75) is 38.6 Å². The van der Waals surface area contributed by atoms with Crippen LogP contribution in [0.2, 0.25) is 0 Å². The highest BCUT2D eigenvalue weighted by Crippen LogP contribution is 2.29. The molecule has 4 heterocycles. The zero-order chi connectivity index (χ0) is 17.9. The topological polar surface area (TPSA) is 36.4 Å². The molecule has 3 aliphatic rings. The van der Waals surface area contributed by atoms with E-state index in [-0.39, 0.29) is 5.91 Å². The van der Waals surface area contributed by atoms with E-state index in [1.807, 2.05) is 12.3 Å². The van der Waals surface area contributed by atoms with E-state index in [1.165, 1.54) is 18.4 Å². The van der Waals surface area contributed by atoms with Crippen molar-refractivity contribution in [2.75, 3.05) is 26.2 Å². The van der Waals surface area contributed by atoms with E-state index in [0.29, 0.717) is 17.7 Å². The second kappa shape index (κ2) is 7.89. The molecule has 5 rings (SSSR count). The standard InChI is InChI=1S/C21H27N3OS/c1-16-22-20(15-26-16)21(25)24-13-18-9-10-19(24)14-23(12-18)11-5-8-17-6-3-2-4-7-17/h2-4,6-7,15,18-19H,5,8-14H2,1H3/t18-,19+/m0/s1. The van der Waals surface area contributed by atoms with Gasteiger partial charge in [-0.3, -0.25) is 4.79 Å². The SMILES string of the molecule is Cc1nc(C(=O)N2C[C@H]3CC[C@@H]2CN(CCCc2ccccc2)C3)cs1. The number of fused-ring (bicyclic) bond motifs is 4. The van der Waals surface area contributed by atoms with E-state index < -0.39 is 0 Å². The maximum atomic E-state index is 12.9. The van der Waals surface area contributed by atoms with Crippen LogP contribution in [0.4, 0.5) is 0 Å². The molecule has 26 heavy (non-hydrogen) atoms. The van der Waals surface area contributed by atoms with Gasteiger partial charge in [-0.25, -0.2) is 4.98 Å².